The highest BCUT2D eigenvalue weighted by Gasteiger charge is 2.11. The summed E-state index contributed by atoms with van der Waals surface area (Å²) in [7, 11) is 0. The van der Waals surface area contributed by atoms with Crippen LogP contribution < -0.4 is 5.32 Å². The van der Waals surface area contributed by atoms with Crippen molar-refractivity contribution in [1.29, 1.82) is 5.26 Å². The maximum atomic E-state index is 12.1. The molecule has 9 heteroatoms. The largest absolute Gasteiger partial charge is 0.331 e. The number of imidazole rings is 1. The Morgan fingerprint density at radius 2 is 2.17 bits per heavy atom. The molecule has 0 bridgehead atoms. The van der Waals surface area contributed by atoms with Gasteiger partial charge in [0.1, 0.15) is 6.07 Å². The molecule has 2 N–H and O–H groups in total. The van der Waals surface area contributed by atoms with E-state index in [4.69, 9.17) is 28.5 Å². The van der Waals surface area contributed by atoms with Gasteiger partial charge in [0.25, 0.3) is 0 Å². The molecule has 0 unspecified atom stereocenters. The second-order valence-corrected chi connectivity index (χ2v) is 6.54. The van der Waals surface area contributed by atoms with Crippen LogP contribution in [-0.4, -0.2) is 26.6 Å². The first-order valence-corrected chi connectivity index (χ1v) is 8.43. The minimum atomic E-state index is -0.273. The smallest absolute Gasteiger partial charge is 0.234 e. The molecule has 0 fully saturated rings. The van der Waals surface area contributed by atoms with E-state index in [9.17, 15) is 4.79 Å². The number of nitrogens with one attached hydrogen (secondary N) is 2. The van der Waals surface area contributed by atoms with Gasteiger partial charge in [-0.15, -0.1) is 0 Å². The number of aromatic nitrogens is 3. The lowest BCUT2D eigenvalue weighted by molar-refractivity contribution is -0.113. The van der Waals surface area contributed by atoms with Crippen LogP contribution in [0.15, 0.2) is 35.6 Å². The van der Waals surface area contributed by atoms with Crippen LogP contribution in [0.5, 0.6) is 0 Å². The zero-order chi connectivity index (χ0) is 17.1. The molecule has 0 atom stereocenters. The number of pyridine rings is 1. The van der Waals surface area contributed by atoms with Crippen LogP contribution in [0.1, 0.15) is 5.56 Å². The van der Waals surface area contributed by atoms with Gasteiger partial charge in [-0.25, -0.2) is 9.97 Å². The summed E-state index contributed by atoms with van der Waals surface area (Å²) in [6, 6.07) is 8.41. The van der Waals surface area contributed by atoms with E-state index >= 15 is 0 Å². The fraction of sp³-hybridized carbons (Fsp3) is 0.0667. The van der Waals surface area contributed by atoms with Crippen LogP contribution in [0, 0.1) is 11.3 Å². The summed E-state index contributed by atoms with van der Waals surface area (Å²) in [4.78, 5) is 23.5. The van der Waals surface area contributed by atoms with Crippen molar-refractivity contribution in [2.75, 3.05) is 11.1 Å². The Balaban J connectivity index is 1.67. The second-order valence-electron chi connectivity index (χ2n) is 4.71. The molecule has 0 aliphatic carbocycles. The van der Waals surface area contributed by atoms with Crippen molar-refractivity contribution in [3.05, 3.63) is 46.1 Å². The van der Waals surface area contributed by atoms with Gasteiger partial charge >= 0.3 is 0 Å². The molecule has 3 rings (SSSR count). The molecule has 0 spiro atoms. The van der Waals surface area contributed by atoms with E-state index in [2.05, 4.69) is 20.3 Å². The summed E-state index contributed by atoms with van der Waals surface area (Å²) in [5.74, 6) is -0.157. The Bertz CT molecular complexity index is 966. The van der Waals surface area contributed by atoms with Gasteiger partial charge in [0.05, 0.1) is 27.5 Å². The fourth-order valence-corrected chi connectivity index (χ4v) is 2.96. The van der Waals surface area contributed by atoms with Gasteiger partial charge in [-0.1, -0.05) is 35.0 Å². The summed E-state index contributed by atoms with van der Waals surface area (Å²) in [6.45, 7) is 0. The number of amides is 1. The van der Waals surface area contributed by atoms with E-state index in [1.165, 1.54) is 24.0 Å². The van der Waals surface area contributed by atoms with Crippen LogP contribution >= 0.6 is 35.0 Å². The third-order valence-electron chi connectivity index (χ3n) is 3.00. The van der Waals surface area contributed by atoms with Gasteiger partial charge in [-0.2, -0.15) is 5.26 Å². The van der Waals surface area contributed by atoms with Crippen molar-refractivity contribution >= 4 is 57.7 Å². The summed E-state index contributed by atoms with van der Waals surface area (Å²) in [5.41, 5.74) is 1.96. The standard InChI is InChI=1S/C15H9Cl2N5OS/c16-9-2-1-8(5-18)11(3-9)20-13(23)7-24-15-21-12-4-10(17)6-19-14(12)22-15/h1-4,6H,7H2,(H,20,23)(H,19,21,22). The topological polar surface area (TPSA) is 94.5 Å². The Labute approximate surface area is 151 Å². The van der Waals surface area contributed by atoms with E-state index in [1.54, 1.807) is 18.2 Å². The molecule has 0 saturated heterocycles. The number of carbonyl (C=O) groups is 1. The molecule has 120 valence electrons. The van der Waals surface area contributed by atoms with Gasteiger partial charge in [-0.3, -0.25) is 4.79 Å². The Morgan fingerprint density at radius 1 is 1.33 bits per heavy atom. The molecule has 0 aliphatic rings. The zero-order valence-corrected chi connectivity index (χ0v) is 14.3. The first-order valence-electron chi connectivity index (χ1n) is 6.69. The number of halogens is 2. The minimum absolute atomic E-state index is 0.116. The molecule has 0 radical (unpaired) electrons. The number of benzene rings is 1. The quantitative estimate of drug-likeness (QED) is 0.672. The number of nitrogens with zero attached hydrogens (tertiary/aromatic N) is 3. The van der Waals surface area contributed by atoms with Gasteiger partial charge < -0.3 is 10.3 Å². The predicted molar refractivity (Wildman–Crippen MR) is 94.4 cm³/mol. The number of rotatable bonds is 4. The summed E-state index contributed by atoms with van der Waals surface area (Å²) < 4.78 is 0. The van der Waals surface area contributed by atoms with E-state index in [1.807, 2.05) is 6.07 Å². The van der Waals surface area contributed by atoms with Gasteiger partial charge in [0.15, 0.2) is 10.8 Å². The number of carbonyl (C=O) groups excluding carboxylic acids is 1. The average molecular weight is 378 g/mol. The number of aromatic amines is 1. The minimum Gasteiger partial charge on any atom is -0.331 e. The van der Waals surface area contributed by atoms with E-state index in [0.29, 0.717) is 37.6 Å². The SMILES string of the molecule is N#Cc1ccc(Cl)cc1NC(=O)CSc1nc2ncc(Cl)cc2[nH]1. The van der Waals surface area contributed by atoms with Crippen molar-refractivity contribution < 1.29 is 4.79 Å². The summed E-state index contributed by atoms with van der Waals surface area (Å²) >= 11 is 13.0. The average Bonchev–Trinajstić information content (AvgIpc) is 2.95. The van der Waals surface area contributed by atoms with Crippen LogP contribution in [0.2, 0.25) is 10.0 Å². The van der Waals surface area contributed by atoms with Gasteiger partial charge in [0, 0.05) is 11.2 Å². The second kappa shape index (κ2) is 7.09. The van der Waals surface area contributed by atoms with Crippen molar-refractivity contribution in [3.8, 4) is 6.07 Å². The highest BCUT2D eigenvalue weighted by Crippen LogP contribution is 2.23. The molecule has 2 heterocycles. The van der Waals surface area contributed by atoms with Crippen molar-refractivity contribution in [2.24, 2.45) is 0 Å². The number of nitriles is 1. The summed E-state index contributed by atoms with van der Waals surface area (Å²) in [6.07, 6.45) is 1.51. The molecule has 6 nitrogen and oxygen atoms in total. The van der Waals surface area contributed by atoms with Crippen LogP contribution in [-0.2, 0) is 4.79 Å². The number of H-pyrrole nitrogens is 1. The van der Waals surface area contributed by atoms with Crippen molar-refractivity contribution in [2.45, 2.75) is 5.16 Å². The predicted octanol–water partition coefficient (Wildman–Crippen LogP) is 3.87. The van der Waals surface area contributed by atoms with Crippen LogP contribution in [0.3, 0.4) is 0 Å². The number of fused-ring (bicyclic) bond motifs is 1. The molecule has 0 aliphatic heterocycles. The molecule has 1 aromatic carbocycles. The van der Waals surface area contributed by atoms with Crippen LogP contribution in [0.25, 0.3) is 11.2 Å². The first kappa shape index (κ1) is 16.6. The lowest BCUT2D eigenvalue weighted by Gasteiger charge is -2.06. The molecular weight excluding hydrogens is 369 g/mol. The number of hydrogen-bond donors (Lipinski definition) is 2. The molecule has 24 heavy (non-hydrogen) atoms. The van der Waals surface area contributed by atoms with Crippen molar-refractivity contribution in [3.63, 3.8) is 0 Å². The molecular formula is C15H9Cl2N5OS. The van der Waals surface area contributed by atoms with Gasteiger partial charge in [0.2, 0.25) is 5.91 Å². The normalized spacial score (nSPS) is 10.5. The van der Waals surface area contributed by atoms with E-state index in [-0.39, 0.29) is 11.7 Å². The Morgan fingerprint density at radius 3 is 2.96 bits per heavy atom. The molecule has 0 saturated carbocycles. The highest BCUT2D eigenvalue weighted by atomic mass is 35.5. The molecule has 2 aromatic heterocycles. The maximum Gasteiger partial charge on any atom is 0.234 e. The zero-order valence-electron chi connectivity index (χ0n) is 12.0. The lowest BCUT2D eigenvalue weighted by atomic mass is 10.2. The van der Waals surface area contributed by atoms with Gasteiger partial charge in [-0.05, 0) is 24.3 Å². The van der Waals surface area contributed by atoms with E-state index < -0.39 is 0 Å². The monoisotopic (exact) mass is 377 g/mol. The molecule has 1 amide bonds. The third-order valence-corrected chi connectivity index (χ3v) is 4.31. The summed E-state index contributed by atoms with van der Waals surface area (Å²) in [5, 5.41) is 13.2. The number of anilines is 1. The van der Waals surface area contributed by atoms with Crippen LogP contribution in [0.4, 0.5) is 5.69 Å². The number of thioether (sulfide) groups is 1. The lowest BCUT2D eigenvalue weighted by Crippen LogP contribution is -2.15. The Hall–Kier alpha value is -2.27. The fourth-order valence-electron chi connectivity index (χ4n) is 1.96. The first-order chi connectivity index (χ1) is 11.5. The number of hydrogen-bond acceptors (Lipinski definition) is 5. The maximum absolute atomic E-state index is 12.1. The highest BCUT2D eigenvalue weighted by molar-refractivity contribution is 7.99. The Kier molecular flexibility index (Phi) is 4.90. The third kappa shape index (κ3) is 3.79. The van der Waals surface area contributed by atoms with E-state index in [0.717, 1.165) is 0 Å². The van der Waals surface area contributed by atoms with Crippen molar-refractivity contribution in [1.82, 2.24) is 15.0 Å². The molecule has 3 aromatic rings.